The van der Waals surface area contributed by atoms with Crippen LogP contribution in [0.4, 0.5) is 0 Å². The third-order valence-electron chi connectivity index (χ3n) is 3.52. The Morgan fingerprint density at radius 2 is 2.14 bits per heavy atom. The van der Waals surface area contributed by atoms with Crippen molar-refractivity contribution in [1.29, 1.82) is 0 Å². The van der Waals surface area contributed by atoms with Crippen LogP contribution in [0.25, 0.3) is 5.78 Å². The molecule has 0 aliphatic carbocycles. The van der Waals surface area contributed by atoms with Crippen LogP contribution in [0.2, 0.25) is 0 Å². The van der Waals surface area contributed by atoms with Crippen LogP contribution >= 0.6 is 0 Å². The highest BCUT2D eigenvalue weighted by atomic mass is 16.1. The topological polar surface area (TPSA) is 85.1 Å². The van der Waals surface area contributed by atoms with Gasteiger partial charge in [0.1, 0.15) is 6.33 Å². The Morgan fingerprint density at radius 3 is 2.91 bits per heavy atom. The van der Waals surface area contributed by atoms with E-state index in [9.17, 15) is 4.79 Å². The number of fused-ring (bicyclic) bond motifs is 1. The predicted molar refractivity (Wildman–Crippen MR) is 80.0 cm³/mol. The number of rotatable bonds is 4. The number of hydrogen-bond donors (Lipinski definition) is 1. The molecule has 0 fully saturated rings. The molecule has 0 aliphatic heterocycles. The minimum Gasteiger partial charge on any atom is -0.350 e. The van der Waals surface area contributed by atoms with Crippen molar-refractivity contribution in [3.63, 3.8) is 0 Å². The first kappa shape index (κ1) is 14.1. The second-order valence-corrected chi connectivity index (χ2v) is 5.01. The zero-order valence-electron chi connectivity index (χ0n) is 12.4. The van der Waals surface area contributed by atoms with Crippen LogP contribution in [-0.4, -0.2) is 30.5 Å². The molecule has 0 atom stereocenters. The molecule has 3 rings (SSSR count). The normalized spacial score (nSPS) is 10.8. The minimum absolute atomic E-state index is 0.0712. The Bertz CT molecular complexity index is 812. The van der Waals surface area contributed by atoms with Gasteiger partial charge in [-0.25, -0.2) is 9.50 Å². The molecular weight excluding hydrogens is 280 g/mol. The van der Waals surface area contributed by atoms with E-state index in [2.05, 4.69) is 25.4 Å². The third-order valence-corrected chi connectivity index (χ3v) is 3.52. The number of carbonyl (C=O) groups is 1. The van der Waals surface area contributed by atoms with E-state index >= 15 is 0 Å². The summed E-state index contributed by atoms with van der Waals surface area (Å²) >= 11 is 0. The number of nitrogens with zero attached hydrogens (tertiary/aromatic N) is 5. The summed E-state index contributed by atoms with van der Waals surface area (Å²) in [4.78, 5) is 24.8. The maximum atomic E-state index is 12.2. The third kappa shape index (κ3) is 2.78. The smallest absolute Gasteiger partial charge is 0.252 e. The first-order valence-electron chi connectivity index (χ1n) is 6.97. The molecule has 1 amide bonds. The summed E-state index contributed by atoms with van der Waals surface area (Å²) in [5.41, 5.74) is 3.38. The maximum absolute atomic E-state index is 12.2. The number of aromatic nitrogens is 5. The van der Waals surface area contributed by atoms with Gasteiger partial charge in [-0.3, -0.25) is 9.78 Å². The fourth-order valence-electron chi connectivity index (χ4n) is 2.33. The Kier molecular flexibility index (Phi) is 3.78. The van der Waals surface area contributed by atoms with Crippen LogP contribution < -0.4 is 5.32 Å². The van der Waals surface area contributed by atoms with Gasteiger partial charge < -0.3 is 5.32 Å². The molecule has 0 unspecified atom stereocenters. The lowest BCUT2D eigenvalue weighted by Crippen LogP contribution is -2.26. The van der Waals surface area contributed by atoms with Gasteiger partial charge in [0, 0.05) is 23.1 Å². The zero-order chi connectivity index (χ0) is 15.5. The highest BCUT2D eigenvalue weighted by Crippen LogP contribution is 2.13. The lowest BCUT2D eigenvalue weighted by molar-refractivity contribution is -0.120. The van der Waals surface area contributed by atoms with Gasteiger partial charge in [0.05, 0.1) is 18.7 Å². The summed E-state index contributed by atoms with van der Waals surface area (Å²) in [7, 11) is 0. The molecular formula is C15H16N6O. The van der Waals surface area contributed by atoms with Crippen molar-refractivity contribution in [3.8, 4) is 0 Å². The first-order valence-corrected chi connectivity index (χ1v) is 6.97. The summed E-state index contributed by atoms with van der Waals surface area (Å²) < 4.78 is 1.65. The number of aryl methyl sites for hydroxylation is 2. The summed E-state index contributed by atoms with van der Waals surface area (Å²) in [6.45, 7) is 4.21. The van der Waals surface area contributed by atoms with E-state index in [0.717, 1.165) is 22.6 Å². The van der Waals surface area contributed by atoms with E-state index in [1.165, 1.54) is 6.33 Å². The largest absolute Gasteiger partial charge is 0.350 e. The fraction of sp³-hybridized carbons (Fsp3) is 0.267. The monoisotopic (exact) mass is 296 g/mol. The van der Waals surface area contributed by atoms with Crippen molar-refractivity contribution in [2.75, 3.05) is 0 Å². The van der Waals surface area contributed by atoms with E-state index in [0.29, 0.717) is 12.3 Å². The predicted octanol–water partition coefficient (Wildman–Crippen LogP) is 0.995. The Hall–Kier alpha value is -2.83. The minimum atomic E-state index is -0.0712. The second-order valence-electron chi connectivity index (χ2n) is 5.01. The van der Waals surface area contributed by atoms with Crippen LogP contribution in [0.3, 0.4) is 0 Å². The molecule has 0 saturated carbocycles. The lowest BCUT2D eigenvalue weighted by Gasteiger charge is -2.10. The molecule has 3 aromatic heterocycles. The summed E-state index contributed by atoms with van der Waals surface area (Å²) in [6.07, 6.45) is 3.42. The quantitative estimate of drug-likeness (QED) is 0.776. The Labute approximate surface area is 127 Å². The standard InChI is InChI=1S/C15H16N6O/c1-10-13(11(2)21-15(20-10)18-9-19-21)7-14(22)17-8-12-5-3-4-6-16-12/h3-6,9H,7-8H2,1-2H3,(H,17,22). The fourth-order valence-corrected chi connectivity index (χ4v) is 2.33. The van der Waals surface area contributed by atoms with Crippen LogP contribution in [-0.2, 0) is 17.8 Å². The van der Waals surface area contributed by atoms with Crippen molar-refractivity contribution in [3.05, 3.63) is 53.4 Å². The second kappa shape index (κ2) is 5.88. The van der Waals surface area contributed by atoms with E-state index in [4.69, 9.17) is 0 Å². The van der Waals surface area contributed by atoms with Crippen LogP contribution in [0.5, 0.6) is 0 Å². The maximum Gasteiger partial charge on any atom is 0.252 e. The Balaban J connectivity index is 1.74. The summed E-state index contributed by atoms with van der Waals surface area (Å²) in [6, 6.07) is 5.61. The molecule has 3 aromatic rings. The summed E-state index contributed by atoms with van der Waals surface area (Å²) in [5, 5.41) is 6.99. The molecule has 0 saturated heterocycles. The highest BCUT2D eigenvalue weighted by Gasteiger charge is 2.14. The van der Waals surface area contributed by atoms with Crippen molar-refractivity contribution in [2.24, 2.45) is 0 Å². The van der Waals surface area contributed by atoms with Crippen molar-refractivity contribution in [2.45, 2.75) is 26.8 Å². The lowest BCUT2D eigenvalue weighted by atomic mass is 10.1. The van der Waals surface area contributed by atoms with Crippen LogP contribution in [0, 0.1) is 13.8 Å². The molecule has 7 nitrogen and oxygen atoms in total. The van der Waals surface area contributed by atoms with Gasteiger partial charge in [-0.2, -0.15) is 10.1 Å². The molecule has 0 radical (unpaired) electrons. The average molecular weight is 296 g/mol. The Morgan fingerprint density at radius 1 is 1.27 bits per heavy atom. The SMILES string of the molecule is Cc1nc2ncnn2c(C)c1CC(=O)NCc1ccccn1. The van der Waals surface area contributed by atoms with Gasteiger partial charge in [0.25, 0.3) is 5.78 Å². The van der Waals surface area contributed by atoms with Gasteiger partial charge in [-0.1, -0.05) is 6.07 Å². The van der Waals surface area contributed by atoms with E-state index < -0.39 is 0 Å². The molecule has 0 bridgehead atoms. The molecule has 22 heavy (non-hydrogen) atoms. The van der Waals surface area contributed by atoms with Crippen molar-refractivity contribution >= 4 is 11.7 Å². The highest BCUT2D eigenvalue weighted by molar-refractivity contribution is 5.79. The zero-order valence-corrected chi connectivity index (χ0v) is 12.4. The molecule has 7 heteroatoms. The molecule has 3 heterocycles. The van der Waals surface area contributed by atoms with Crippen molar-refractivity contribution in [1.82, 2.24) is 29.9 Å². The van der Waals surface area contributed by atoms with E-state index in [1.54, 1.807) is 10.7 Å². The molecule has 0 aromatic carbocycles. The molecule has 1 N–H and O–H groups in total. The molecule has 0 aliphatic rings. The van der Waals surface area contributed by atoms with Gasteiger partial charge in [-0.05, 0) is 26.0 Å². The number of amides is 1. The van der Waals surface area contributed by atoms with E-state index in [1.807, 2.05) is 32.0 Å². The molecule has 0 spiro atoms. The molecule has 112 valence electrons. The first-order chi connectivity index (χ1) is 10.6. The van der Waals surface area contributed by atoms with Gasteiger partial charge >= 0.3 is 0 Å². The van der Waals surface area contributed by atoms with Gasteiger partial charge in [-0.15, -0.1) is 0 Å². The number of carbonyl (C=O) groups excluding carboxylic acids is 1. The van der Waals surface area contributed by atoms with Crippen LogP contribution in [0.1, 0.15) is 22.6 Å². The van der Waals surface area contributed by atoms with Crippen molar-refractivity contribution < 1.29 is 4.79 Å². The van der Waals surface area contributed by atoms with Crippen LogP contribution in [0.15, 0.2) is 30.7 Å². The number of nitrogens with one attached hydrogen (secondary N) is 1. The summed E-state index contributed by atoms with van der Waals surface area (Å²) in [5.74, 6) is 0.478. The number of pyridine rings is 1. The van der Waals surface area contributed by atoms with Gasteiger partial charge in [0.2, 0.25) is 5.91 Å². The number of hydrogen-bond acceptors (Lipinski definition) is 5. The van der Waals surface area contributed by atoms with E-state index in [-0.39, 0.29) is 12.3 Å². The average Bonchev–Trinajstić information content (AvgIpc) is 2.99. The van der Waals surface area contributed by atoms with Gasteiger partial charge in [0.15, 0.2) is 0 Å².